The Kier molecular flexibility index (Phi) is 5.64. The largest absolute Gasteiger partial charge is 0.453 e. The van der Waals surface area contributed by atoms with Crippen molar-refractivity contribution in [2.24, 2.45) is 13.0 Å². The summed E-state index contributed by atoms with van der Waals surface area (Å²) in [5.41, 5.74) is 0.748. The molecule has 4 rings (SSSR count). The lowest BCUT2D eigenvalue weighted by Crippen LogP contribution is -2.41. The van der Waals surface area contributed by atoms with E-state index in [1.54, 1.807) is 6.07 Å². The highest BCUT2D eigenvalue weighted by atomic mass is 35.5. The number of fused-ring (bicyclic) bond motifs is 1. The van der Waals surface area contributed by atoms with Crippen molar-refractivity contribution in [3.05, 3.63) is 29.3 Å². The molecular weight excluding hydrogens is 396 g/mol. The van der Waals surface area contributed by atoms with E-state index >= 15 is 0 Å². The Morgan fingerprint density at radius 1 is 1.32 bits per heavy atom. The number of carbonyl (C=O) groups is 1. The Morgan fingerprint density at radius 2 is 2.14 bits per heavy atom. The third-order valence-electron chi connectivity index (χ3n) is 5.32. The Morgan fingerprint density at radius 3 is 2.96 bits per heavy atom. The molecule has 2 atom stereocenters. The highest BCUT2D eigenvalue weighted by molar-refractivity contribution is 7.99. The molecule has 0 unspecified atom stereocenters. The quantitative estimate of drug-likeness (QED) is 0.609. The van der Waals surface area contributed by atoms with Gasteiger partial charge in [0.15, 0.2) is 16.7 Å². The van der Waals surface area contributed by atoms with Gasteiger partial charge < -0.3 is 14.3 Å². The maximum atomic E-state index is 12.3. The number of nitrogens with one attached hydrogen (secondary N) is 1. The summed E-state index contributed by atoms with van der Waals surface area (Å²) in [6.07, 6.45) is 4.71. The molecule has 0 spiro atoms. The Balaban J connectivity index is 1.42. The molecule has 0 aliphatic heterocycles. The summed E-state index contributed by atoms with van der Waals surface area (Å²) >= 11 is 7.43. The number of halogens is 1. The van der Waals surface area contributed by atoms with Crippen molar-refractivity contribution in [1.29, 1.82) is 0 Å². The lowest BCUT2D eigenvalue weighted by molar-refractivity contribution is -0.119. The zero-order valence-electron chi connectivity index (χ0n) is 15.9. The van der Waals surface area contributed by atoms with Gasteiger partial charge in [-0.2, -0.15) is 0 Å². The maximum Gasteiger partial charge on any atom is 0.230 e. The van der Waals surface area contributed by atoms with Crippen LogP contribution in [0.3, 0.4) is 0 Å². The maximum absolute atomic E-state index is 12.3. The smallest absolute Gasteiger partial charge is 0.230 e. The lowest BCUT2D eigenvalue weighted by atomic mass is 9.86. The summed E-state index contributed by atoms with van der Waals surface area (Å²) in [5.74, 6) is 2.17. The monoisotopic (exact) mass is 418 g/mol. The topological polar surface area (TPSA) is 73.0 Å². The van der Waals surface area contributed by atoms with Crippen molar-refractivity contribution in [1.82, 2.24) is 20.1 Å². The molecule has 1 saturated carbocycles. The first kappa shape index (κ1) is 19.3. The van der Waals surface area contributed by atoms with Crippen LogP contribution in [0, 0.1) is 5.92 Å². The summed E-state index contributed by atoms with van der Waals surface area (Å²) in [7, 11) is 1.87. The number of hydrogen-bond acceptors (Lipinski definition) is 5. The molecule has 148 valence electrons. The van der Waals surface area contributed by atoms with Gasteiger partial charge in [-0.3, -0.25) is 4.79 Å². The van der Waals surface area contributed by atoms with Crippen LogP contribution in [0.2, 0.25) is 5.02 Å². The summed E-state index contributed by atoms with van der Waals surface area (Å²) < 4.78 is 7.72. The molecular formula is C20H23ClN4O2S. The minimum absolute atomic E-state index is 0.0479. The first-order chi connectivity index (χ1) is 13.5. The number of thioether (sulfide) groups is 1. The summed E-state index contributed by atoms with van der Waals surface area (Å²) in [5, 5.41) is 13.9. The second-order valence-corrected chi connectivity index (χ2v) is 8.76. The van der Waals surface area contributed by atoms with E-state index in [2.05, 4.69) is 22.4 Å². The van der Waals surface area contributed by atoms with Crippen LogP contribution in [0.15, 0.2) is 33.8 Å². The molecule has 1 N–H and O–H groups in total. The van der Waals surface area contributed by atoms with Crippen LogP contribution in [0.4, 0.5) is 0 Å². The predicted octanol–water partition coefficient (Wildman–Crippen LogP) is 4.67. The van der Waals surface area contributed by atoms with E-state index in [1.165, 1.54) is 31.0 Å². The lowest BCUT2D eigenvalue weighted by Gasteiger charge is -2.29. The van der Waals surface area contributed by atoms with Crippen molar-refractivity contribution >= 4 is 40.2 Å². The second kappa shape index (κ2) is 8.17. The highest BCUT2D eigenvalue weighted by Crippen LogP contribution is 2.30. The zero-order valence-corrected chi connectivity index (χ0v) is 17.5. The van der Waals surface area contributed by atoms with Crippen LogP contribution in [0.1, 0.15) is 32.6 Å². The van der Waals surface area contributed by atoms with Gasteiger partial charge in [0, 0.05) is 23.5 Å². The van der Waals surface area contributed by atoms with E-state index in [9.17, 15) is 4.79 Å². The number of hydrogen-bond donors (Lipinski definition) is 1. The fourth-order valence-corrected chi connectivity index (χ4v) is 4.59. The van der Waals surface area contributed by atoms with Gasteiger partial charge >= 0.3 is 0 Å². The summed E-state index contributed by atoms with van der Waals surface area (Å²) in [6.45, 7) is 2.21. The number of aromatic nitrogens is 3. The molecule has 1 aliphatic carbocycles. The van der Waals surface area contributed by atoms with Crippen molar-refractivity contribution in [3.63, 3.8) is 0 Å². The van der Waals surface area contributed by atoms with Gasteiger partial charge in [0.1, 0.15) is 5.58 Å². The molecule has 1 amide bonds. The predicted molar refractivity (Wildman–Crippen MR) is 112 cm³/mol. The molecule has 1 fully saturated rings. The van der Waals surface area contributed by atoms with Crippen LogP contribution < -0.4 is 5.32 Å². The van der Waals surface area contributed by atoms with E-state index < -0.39 is 0 Å². The number of benzene rings is 1. The SMILES string of the molecule is C[C@@H]1CCCC[C@@H]1NC(=O)CSc1nnc(-c2cc3cc(Cl)ccc3o2)n1C. The van der Waals surface area contributed by atoms with Crippen LogP contribution in [0.5, 0.6) is 0 Å². The normalized spacial score (nSPS) is 19.8. The highest BCUT2D eigenvalue weighted by Gasteiger charge is 2.23. The van der Waals surface area contributed by atoms with Crippen LogP contribution in [-0.2, 0) is 11.8 Å². The van der Waals surface area contributed by atoms with E-state index in [1.807, 2.05) is 29.8 Å². The van der Waals surface area contributed by atoms with E-state index in [-0.39, 0.29) is 5.91 Å². The van der Waals surface area contributed by atoms with E-state index in [0.717, 1.165) is 17.4 Å². The molecule has 0 bridgehead atoms. The average Bonchev–Trinajstić information content (AvgIpc) is 3.24. The van der Waals surface area contributed by atoms with E-state index in [0.29, 0.717) is 39.5 Å². The zero-order chi connectivity index (χ0) is 19.7. The molecule has 0 radical (unpaired) electrons. The van der Waals surface area contributed by atoms with E-state index in [4.69, 9.17) is 16.0 Å². The third kappa shape index (κ3) is 4.05. The first-order valence-corrected chi connectivity index (χ1v) is 10.9. The molecule has 2 aromatic heterocycles. The van der Waals surface area contributed by atoms with Crippen molar-refractivity contribution in [3.8, 4) is 11.6 Å². The van der Waals surface area contributed by atoms with Crippen molar-refractivity contribution in [2.75, 3.05) is 5.75 Å². The fourth-order valence-electron chi connectivity index (χ4n) is 3.69. The number of amides is 1. The number of nitrogens with zero attached hydrogens (tertiary/aromatic N) is 3. The molecule has 6 nitrogen and oxygen atoms in total. The molecule has 1 aromatic carbocycles. The average molecular weight is 419 g/mol. The molecule has 3 aromatic rings. The molecule has 1 aliphatic rings. The summed E-state index contributed by atoms with van der Waals surface area (Å²) in [4.78, 5) is 12.3. The van der Waals surface area contributed by atoms with Gasteiger partial charge in [0.2, 0.25) is 5.91 Å². The summed E-state index contributed by atoms with van der Waals surface area (Å²) in [6, 6.07) is 7.67. The van der Waals surface area contributed by atoms with Gasteiger partial charge in [-0.05, 0) is 43.0 Å². The Labute approximate surface area is 173 Å². The van der Waals surface area contributed by atoms with Crippen LogP contribution >= 0.6 is 23.4 Å². The van der Waals surface area contributed by atoms with Gasteiger partial charge in [0.25, 0.3) is 0 Å². The Hall–Kier alpha value is -1.99. The standard InChI is InChI=1S/C20H23ClN4O2S/c1-12-5-3-4-6-15(12)22-18(26)11-28-20-24-23-19(25(20)2)17-10-13-9-14(21)7-8-16(13)27-17/h7-10,12,15H,3-6,11H2,1-2H3,(H,22,26)/t12-,15+/m1/s1. The molecule has 28 heavy (non-hydrogen) atoms. The minimum Gasteiger partial charge on any atom is -0.453 e. The fraction of sp³-hybridized carbons (Fsp3) is 0.450. The van der Waals surface area contributed by atoms with Crippen LogP contribution in [0.25, 0.3) is 22.6 Å². The molecule has 0 saturated heterocycles. The number of rotatable bonds is 5. The Bertz CT molecular complexity index is 999. The van der Waals surface area contributed by atoms with Gasteiger partial charge in [0.05, 0.1) is 5.75 Å². The second-order valence-electron chi connectivity index (χ2n) is 7.38. The first-order valence-electron chi connectivity index (χ1n) is 9.52. The van der Waals surface area contributed by atoms with Gasteiger partial charge in [-0.1, -0.05) is 43.1 Å². The van der Waals surface area contributed by atoms with Gasteiger partial charge in [-0.25, -0.2) is 0 Å². The van der Waals surface area contributed by atoms with Crippen molar-refractivity contribution < 1.29 is 9.21 Å². The molecule has 8 heteroatoms. The van der Waals surface area contributed by atoms with Crippen molar-refractivity contribution in [2.45, 2.75) is 43.8 Å². The minimum atomic E-state index is 0.0479. The molecule has 2 heterocycles. The third-order valence-corrected chi connectivity index (χ3v) is 6.58. The number of carbonyl (C=O) groups excluding carboxylic acids is 1. The van der Waals surface area contributed by atoms with Gasteiger partial charge in [-0.15, -0.1) is 10.2 Å². The number of furan rings is 1. The van der Waals surface area contributed by atoms with Crippen LogP contribution in [-0.4, -0.2) is 32.5 Å².